The van der Waals surface area contributed by atoms with Gasteiger partial charge in [0.05, 0.1) is 12.2 Å². The Bertz CT molecular complexity index is 1040. The second-order valence-corrected chi connectivity index (χ2v) is 7.10. The lowest BCUT2D eigenvalue weighted by Crippen LogP contribution is -2.21. The Morgan fingerprint density at radius 1 is 1.21 bits per heavy atom. The summed E-state index contributed by atoms with van der Waals surface area (Å²) in [4.78, 5) is -0.197. The molecular formula is C18H19N5O4S. The highest BCUT2D eigenvalue weighted by atomic mass is 32.2. The number of guanidine groups is 1. The van der Waals surface area contributed by atoms with Gasteiger partial charge < -0.3 is 20.4 Å². The number of hydrogen-bond acceptors (Lipinski definition) is 7. The molecule has 0 saturated heterocycles. The first-order valence-electron chi connectivity index (χ1n) is 8.10. The third kappa shape index (κ3) is 6.00. The van der Waals surface area contributed by atoms with Gasteiger partial charge in [-0.15, -0.1) is 5.10 Å². The van der Waals surface area contributed by atoms with E-state index < -0.39 is 10.1 Å². The van der Waals surface area contributed by atoms with Crippen molar-refractivity contribution in [2.75, 3.05) is 6.61 Å². The minimum absolute atomic E-state index is 0.00619. The summed E-state index contributed by atoms with van der Waals surface area (Å²) >= 11 is 0. The SMILES string of the molecule is Cc1cc(OCC/C=N\N=C(N)N)cc(OS(=O)(=O)c2ccccc2C#N)c1. The minimum Gasteiger partial charge on any atom is -0.493 e. The van der Waals surface area contributed by atoms with E-state index >= 15 is 0 Å². The van der Waals surface area contributed by atoms with Crippen LogP contribution in [0.5, 0.6) is 11.5 Å². The lowest BCUT2D eigenvalue weighted by atomic mass is 10.2. The maximum atomic E-state index is 12.5. The first kappa shape index (κ1) is 20.7. The molecule has 0 bridgehead atoms. The Balaban J connectivity index is 2.12. The molecule has 0 aliphatic carbocycles. The third-order valence-electron chi connectivity index (χ3n) is 3.28. The third-order valence-corrected chi connectivity index (χ3v) is 4.58. The Hall–Kier alpha value is -3.58. The number of hydrogen-bond donors (Lipinski definition) is 2. The first-order valence-corrected chi connectivity index (χ1v) is 9.51. The molecule has 0 atom stereocenters. The van der Waals surface area contributed by atoms with E-state index in [9.17, 15) is 8.42 Å². The topological polar surface area (TPSA) is 153 Å². The van der Waals surface area contributed by atoms with E-state index in [1.807, 2.05) is 6.07 Å². The van der Waals surface area contributed by atoms with E-state index in [-0.39, 0.29) is 28.8 Å². The average molecular weight is 401 g/mol. The Morgan fingerprint density at radius 3 is 2.64 bits per heavy atom. The van der Waals surface area contributed by atoms with Crippen LogP contribution in [0, 0.1) is 18.3 Å². The molecule has 0 heterocycles. The lowest BCUT2D eigenvalue weighted by Gasteiger charge is -2.11. The van der Waals surface area contributed by atoms with Crippen LogP contribution < -0.4 is 20.4 Å². The van der Waals surface area contributed by atoms with Crippen LogP contribution in [0.2, 0.25) is 0 Å². The molecule has 0 aromatic heterocycles. The summed E-state index contributed by atoms with van der Waals surface area (Å²) in [7, 11) is -4.17. The monoisotopic (exact) mass is 401 g/mol. The van der Waals surface area contributed by atoms with Crippen molar-refractivity contribution in [2.45, 2.75) is 18.2 Å². The van der Waals surface area contributed by atoms with Crippen LogP contribution in [-0.4, -0.2) is 27.2 Å². The summed E-state index contributed by atoms with van der Waals surface area (Å²) in [5.41, 5.74) is 11.0. The van der Waals surface area contributed by atoms with E-state index in [0.717, 1.165) is 5.56 Å². The minimum atomic E-state index is -4.17. The van der Waals surface area contributed by atoms with Crippen LogP contribution in [0.1, 0.15) is 17.5 Å². The molecular weight excluding hydrogens is 382 g/mol. The summed E-state index contributed by atoms with van der Waals surface area (Å²) in [6.07, 6.45) is 1.92. The number of ether oxygens (including phenoxy) is 1. The van der Waals surface area contributed by atoms with Gasteiger partial charge in [0, 0.05) is 18.7 Å². The van der Waals surface area contributed by atoms with Gasteiger partial charge in [-0.2, -0.15) is 18.8 Å². The van der Waals surface area contributed by atoms with Crippen LogP contribution in [0.25, 0.3) is 0 Å². The fourth-order valence-electron chi connectivity index (χ4n) is 2.19. The molecule has 0 aliphatic rings. The first-order chi connectivity index (χ1) is 13.3. The highest BCUT2D eigenvalue weighted by Gasteiger charge is 2.21. The van der Waals surface area contributed by atoms with E-state index in [2.05, 4.69) is 10.2 Å². The van der Waals surface area contributed by atoms with E-state index in [4.69, 9.17) is 25.6 Å². The fraction of sp³-hybridized carbons (Fsp3) is 0.167. The van der Waals surface area contributed by atoms with Crippen LogP contribution in [-0.2, 0) is 10.1 Å². The lowest BCUT2D eigenvalue weighted by molar-refractivity contribution is 0.329. The number of nitrogens with two attached hydrogens (primary N) is 2. The second kappa shape index (κ2) is 9.38. The van der Waals surface area contributed by atoms with Gasteiger partial charge in [0.2, 0.25) is 5.96 Å². The van der Waals surface area contributed by atoms with Crippen molar-refractivity contribution in [3.8, 4) is 17.6 Å². The number of benzene rings is 2. The predicted molar refractivity (Wildman–Crippen MR) is 105 cm³/mol. The number of rotatable bonds is 8. The van der Waals surface area contributed by atoms with Crippen molar-refractivity contribution in [2.24, 2.45) is 21.7 Å². The molecule has 0 spiro atoms. The zero-order valence-electron chi connectivity index (χ0n) is 15.1. The maximum Gasteiger partial charge on any atom is 0.340 e. The Morgan fingerprint density at radius 2 is 1.93 bits per heavy atom. The van der Waals surface area contributed by atoms with Crippen LogP contribution >= 0.6 is 0 Å². The molecule has 2 aromatic carbocycles. The van der Waals surface area contributed by atoms with Gasteiger partial charge in [0.25, 0.3) is 0 Å². The van der Waals surface area contributed by atoms with Crippen LogP contribution in [0.3, 0.4) is 0 Å². The molecule has 0 amide bonds. The summed E-state index contributed by atoms with van der Waals surface area (Å²) in [6.45, 7) is 2.05. The summed E-state index contributed by atoms with van der Waals surface area (Å²) < 4.78 is 35.8. The van der Waals surface area contributed by atoms with Crippen molar-refractivity contribution in [1.82, 2.24) is 0 Å². The fourth-order valence-corrected chi connectivity index (χ4v) is 3.26. The molecule has 2 rings (SSSR count). The molecule has 0 radical (unpaired) electrons. The summed E-state index contributed by atoms with van der Waals surface area (Å²) in [6, 6.07) is 12.4. The summed E-state index contributed by atoms with van der Waals surface area (Å²) in [5.74, 6) is 0.364. The molecule has 10 heteroatoms. The quantitative estimate of drug-likeness (QED) is 0.224. The molecule has 0 fully saturated rings. The Kier molecular flexibility index (Phi) is 6.95. The number of aryl methyl sites for hydroxylation is 1. The summed E-state index contributed by atoms with van der Waals surface area (Å²) in [5, 5.41) is 16.2. The normalized spacial score (nSPS) is 11.0. The zero-order valence-corrected chi connectivity index (χ0v) is 15.9. The maximum absolute atomic E-state index is 12.5. The van der Waals surface area contributed by atoms with Crippen molar-refractivity contribution < 1.29 is 17.3 Å². The Labute approximate surface area is 163 Å². The molecule has 2 aromatic rings. The van der Waals surface area contributed by atoms with Gasteiger partial charge in [-0.05, 0) is 36.8 Å². The molecule has 4 N–H and O–H groups in total. The smallest absolute Gasteiger partial charge is 0.340 e. The van der Waals surface area contributed by atoms with Gasteiger partial charge in [-0.25, -0.2) is 0 Å². The van der Waals surface area contributed by atoms with Crippen molar-refractivity contribution in [1.29, 1.82) is 5.26 Å². The molecule has 0 saturated carbocycles. The van der Waals surface area contributed by atoms with Crippen molar-refractivity contribution >= 4 is 22.3 Å². The van der Waals surface area contributed by atoms with E-state index in [1.165, 1.54) is 30.5 Å². The van der Waals surface area contributed by atoms with E-state index in [1.54, 1.807) is 25.1 Å². The molecule has 0 aliphatic heterocycles. The van der Waals surface area contributed by atoms with Gasteiger partial charge in [0.15, 0.2) is 0 Å². The van der Waals surface area contributed by atoms with Gasteiger partial charge in [-0.3, -0.25) is 0 Å². The van der Waals surface area contributed by atoms with Crippen LogP contribution in [0.4, 0.5) is 0 Å². The predicted octanol–water partition coefficient (Wildman–Crippen LogP) is 1.66. The highest BCUT2D eigenvalue weighted by Crippen LogP contribution is 2.26. The van der Waals surface area contributed by atoms with Crippen LogP contribution in [0.15, 0.2) is 57.6 Å². The molecule has 9 nitrogen and oxygen atoms in total. The number of nitriles is 1. The van der Waals surface area contributed by atoms with Gasteiger partial charge in [0.1, 0.15) is 22.5 Å². The average Bonchev–Trinajstić information content (AvgIpc) is 2.63. The van der Waals surface area contributed by atoms with Gasteiger partial charge in [-0.1, -0.05) is 12.1 Å². The van der Waals surface area contributed by atoms with E-state index in [0.29, 0.717) is 12.2 Å². The standard InChI is InChI=1S/C18H19N5O4S/c1-13-9-15(26-8-4-7-22-23-18(20)21)11-16(10-13)27-28(24,25)17-6-3-2-5-14(17)12-19/h2-3,5-7,9-11H,4,8H2,1H3,(H4,20,21,23)/b22-7-. The molecule has 146 valence electrons. The largest absolute Gasteiger partial charge is 0.493 e. The van der Waals surface area contributed by atoms with Crippen molar-refractivity contribution in [3.63, 3.8) is 0 Å². The van der Waals surface area contributed by atoms with Gasteiger partial charge >= 0.3 is 10.1 Å². The highest BCUT2D eigenvalue weighted by molar-refractivity contribution is 7.87. The van der Waals surface area contributed by atoms with Crippen molar-refractivity contribution in [3.05, 3.63) is 53.6 Å². The zero-order chi connectivity index (χ0) is 20.6. The number of nitrogens with zero attached hydrogens (tertiary/aromatic N) is 3. The molecule has 0 unspecified atom stereocenters. The molecule has 28 heavy (non-hydrogen) atoms. The second-order valence-electron chi connectivity index (χ2n) is 5.59.